The lowest BCUT2D eigenvalue weighted by atomic mass is 9.49. The van der Waals surface area contributed by atoms with Gasteiger partial charge in [-0.2, -0.15) is 0 Å². The Morgan fingerprint density at radius 3 is 2.35 bits per heavy atom. The molecule has 0 aromatic carbocycles. The molecule has 1 heterocycles. The maximum atomic E-state index is 5.89. The summed E-state index contributed by atoms with van der Waals surface area (Å²) in [6, 6.07) is 3.86. The van der Waals surface area contributed by atoms with Crippen LogP contribution in [0, 0.1) is 23.2 Å². The summed E-state index contributed by atoms with van der Waals surface area (Å²) < 4.78 is 0. The Labute approximate surface area is 121 Å². The van der Waals surface area contributed by atoms with Crippen molar-refractivity contribution in [3.05, 3.63) is 18.3 Å². The van der Waals surface area contributed by atoms with Crippen molar-refractivity contribution in [2.75, 3.05) is 24.2 Å². The van der Waals surface area contributed by atoms with Crippen LogP contribution in [-0.4, -0.2) is 18.6 Å². The van der Waals surface area contributed by atoms with Gasteiger partial charge in [-0.05, 0) is 67.8 Å². The molecular formula is C17H25N3. The first-order chi connectivity index (χ1) is 9.62. The van der Waals surface area contributed by atoms with Gasteiger partial charge in [0.1, 0.15) is 5.82 Å². The molecule has 4 fully saturated rings. The predicted molar refractivity (Wildman–Crippen MR) is 82.5 cm³/mol. The lowest BCUT2D eigenvalue weighted by Crippen LogP contribution is -2.50. The minimum absolute atomic E-state index is 0.565. The zero-order chi connectivity index (χ0) is 13.7. The maximum Gasteiger partial charge on any atom is 0.130 e. The Bertz CT molecular complexity index is 475. The molecular weight excluding hydrogens is 246 g/mol. The Morgan fingerprint density at radius 1 is 1.20 bits per heavy atom. The van der Waals surface area contributed by atoms with Crippen LogP contribution in [0.2, 0.25) is 0 Å². The summed E-state index contributed by atoms with van der Waals surface area (Å²) in [6.07, 6.45) is 10.7. The van der Waals surface area contributed by atoms with E-state index in [1.54, 1.807) is 0 Å². The second-order valence-electron chi connectivity index (χ2n) is 7.72. The number of nitrogens with zero attached hydrogens (tertiary/aromatic N) is 2. The Morgan fingerprint density at radius 2 is 1.80 bits per heavy atom. The van der Waals surface area contributed by atoms with Crippen LogP contribution < -0.4 is 10.6 Å². The fourth-order valence-corrected chi connectivity index (χ4v) is 5.71. The number of rotatable bonds is 3. The lowest BCUT2D eigenvalue weighted by molar-refractivity contribution is -0.0472. The third-order valence-corrected chi connectivity index (χ3v) is 5.90. The van der Waals surface area contributed by atoms with Gasteiger partial charge in [-0.15, -0.1) is 0 Å². The summed E-state index contributed by atoms with van der Waals surface area (Å²) in [4.78, 5) is 6.82. The molecule has 3 nitrogen and oxygen atoms in total. The second-order valence-corrected chi connectivity index (χ2v) is 7.72. The Balaban J connectivity index is 1.53. The van der Waals surface area contributed by atoms with Gasteiger partial charge in [-0.1, -0.05) is 0 Å². The molecule has 2 N–H and O–H groups in total. The highest BCUT2D eigenvalue weighted by Gasteiger charge is 2.51. The van der Waals surface area contributed by atoms with Crippen molar-refractivity contribution in [1.29, 1.82) is 0 Å². The first-order valence-electron chi connectivity index (χ1n) is 8.05. The van der Waals surface area contributed by atoms with E-state index >= 15 is 0 Å². The van der Waals surface area contributed by atoms with Crippen LogP contribution in [0.3, 0.4) is 0 Å². The highest BCUT2D eigenvalue weighted by Crippen LogP contribution is 2.60. The van der Waals surface area contributed by atoms with Gasteiger partial charge in [-0.3, -0.25) is 0 Å². The third kappa shape index (κ3) is 2.07. The van der Waals surface area contributed by atoms with Crippen LogP contribution in [-0.2, 0) is 0 Å². The van der Waals surface area contributed by atoms with E-state index in [0.717, 1.165) is 35.8 Å². The molecule has 0 atom stereocenters. The fraction of sp³-hybridized carbons (Fsp3) is 0.706. The van der Waals surface area contributed by atoms with E-state index in [0.29, 0.717) is 5.41 Å². The molecule has 4 aliphatic rings. The molecule has 1 aromatic rings. The number of anilines is 2. The van der Waals surface area contributed by atoms with Crippen LogP contribution in [0.5, 0.6) is 0 Å². The Kier molecular flexibility index (Phi) is 2.73. The summed E-state index contributed by atoms with van der Waals surface area (Å²) in [7, 11) is 2.18. The second kappa shape index (κ2) is 4.37. The van der Waals surface area contributed by atoms with Crippen LogP contribution >= 0.6 is 0 Å². The van der Waals surface area contributed by atoms with Crippen molar-refractivity contribution in [1.82, 2.24) is 4.98 Å². The van der Waals surface area contributed by atoms with Crippen molar-refractivity contribution in [2.24, 2.45) is 23.2 Å². The van der Waals surface area contributed by atoms with Gasteiger partial charge in [0, 0.05) is 31.5 Å². The van der Waals surface area contributed by atoms with E-state index in [4.69, 9.17) is 5.73 Å². The molecule has 0 spiro atoms. The van der Waals surface area contributed by atoms with Gasteiger partial charge >= 0.3 is 0 Å². The molecule has 0 radical (unpaired) electrons. The zero-order valence-corrected chi connectivity index (χ0v) is 12.4. The SMILES string of the molecule is CN(CC12CC3CC(CC(C3)C1)C2)c1cc(N)ccn1. The normalized spacial score (nSPS) is 38.1. The smallest absolute Gasteiger partial charge is 0.130 e. The first-order valence-corrected chi connectivity index (χ1v) is 8.05. The number of nitrogen functional groups attached to an aromatic ring is 1. The van der Waals surface area contributed by atoms with E-state index in [-0.39, 0.29) is 0 Å². The van der Waals surface area contributed by atoms with Gasteiger partial charge in [0.15, 0.2) is 0 Å². The molecule has 108 valence electrons. The Hall–Kier alpha value is -1.25. The summed E-state index contributed by atoms with van der Waals surface area (Å²) in [5.41, 5.74) is 7.27. The maximum absolute atomic E-state index is 5.89. The summed E-state index contributed by atoms with van der Waals surface area (Å²) >= 11 is 0. The number of hydrogen-bond donors (Lipinski definition) is 1. The van der Waals surface area contributed by atoms with Gasteiger partial charge in [0.2, 0.25) is 0 Å². The predicted octanol–water partition coefficient (Wildman–Crippen LogP) is 3.32. The van der Waals surface area contributed by atoms with Crippen molar-refractivity contribution in [3.8, 4) is 0 Å². The highest BCUT2D eigenvalue weighted by molar-refractivity contribution is 5.49. The molecule has 0 aliphatic heterocycles. The van der Waals surface area contributed by atoms with Crippen LogP contribution in [0.15, 0.2) is 18.3 Å². The largest absolute Gasteiger partial charge is 0.399 e. The molecule has 0 amide bonds. The van der Waals surface area contributed by atoms with Gasteiger partial charge in [0.05, 0.1) is 0 Å². The summed E-state index contributed by atoms with van der Waals surface area (Å²) in [5, 5.41) is 0. The van der Waals surface area contributed by atoms with Crippen molar-refractivity contribution < 1.29 is 0 Å². The molecule has 0 unspecified atom stereocenters. The van der Waals surface area contributed by atoms with Crippen molar-refractivity contribution in [2.45, 2.75) is 38.5 Å². The average Bonchev–Trinajstić information content (AvgIpc) is 2.36. The van der Waals surface area contributed by atoms with Crippen molar-refractivity contribution >= 4 is 11.5 Å². The summed E-state index contributed by atoms with van der Waals surface area (Å²) in [5.74, 6) is 4.08. The number of nitrogens with two attached hydrogens (primary N) is 1. The van der Waals surface area contributed by atoms with Gasteiger partial charge in [-0.25, -0.2) is 4.98 Å². The zero-order valence-electron chi connectivity index (χ0n) is 12.4. The van der Waals surface area contributed by atoms with E-state index in [9.17, 15) is 0 Å². The lowest BCUT2D eigenvalue weighted by Gasteiger charge is -2.57. The molecule has 5 rings (SSSR count). The monoisotopic (exact) mass is 271 g/mol. The van der Waals surface area contributed by atoms with Crippen molar-refractivity contribution in [3.63, 3.8) is 0 Å². The number of pyridine rings is 1. The highest BCUT2D eigenvalue weighted by atomic mass is 15.2. The molecule has 20 heavy (non-hydrogen) atoms. The van der Waals surface area contributed by atoms with Gasteiger partial charge < -0.3 is 10.6 Å². The third-order valence-electron chi connectivity index (χ3n) is 5.90. The van der Waals surface area contributed by atoms with Crippen LogP contribution in [0.1, 0.15) is 38.5 Å². The molecule has 1 aromatic heterocycles. The standard InChI is InChI=1S/C17H25N3/c1-20(16-7-15(18)2-3-19-16)11-17-8-12-4-13(9-17)6-14(5-12)10-17/h2-3,7,12-14H,4-6,8-11H2,1H3,(H2,18,19). The topological polar surface area (TPSA) is 42.1 Å². The average molecular weight is 271 g/mol. The molecule has 0 saturated heterocycles. The van der Waals surface area contributed by atoms with Crippen LogP contribution in [0.25, 0.3) is 0 Å². The van der Waals surface area contributed by atoms with E-state index in [2.05, 4.69) is 16.9 Å². The fourth-order valence-electron chi connectivity index (χ4n) is 5.71. The van der Waals surface area contributed by atoms with Crippen LogP contribution in [0.4, 0.5) is 11.5 Å². The number of aromatic nitrogens is 1. The molecule has 4 saturated carbocycles. The first kappa shape index (κ1) is 12.5. The number of hydrogen-bond acceptors (Lipinski definition) is 3. The molecule has 4 bridgehead atoms. The van der Waals surface area contributed by atoms with E-state index in [1.165, 1.54) is 38.5 Å². The molecule has 3 heteroatoms. The van der Waals surface area contributed by atoms with E-state index < -0.39 is 0 Å². The summed E-state index contributed by atoms with van der Waals surface area (Å²) in [6.45, 7) is 1.16. The van der Waals surface area contributed by atoms with Gasteiger partial charge in [0.25, 0.3) is 0 Å². The minimum Gasteiger partial charge on any atom is -0.399 e. The molecule has 4 aliphatic carbocycles. The quantitative estimate of drug-likeness (QED) is 0.917. The minimum atomic E-state index is 0.565. The van der Waals surface area contributed by atoms with E-state index in [1.807, 2.05) is 18.3 Å².